The van der Waals surface area contributed by atoms with Gasteiger partial charge in [-0.2, -0.15) is 5.10 Å². The van der Waals surface area contributed by atoms with Crippen molar-refractivity contribution >= 4 is 34.0 Å². The van der Waals surface area contributed by atoms with Crippen molar-refractivity contribution in [1.29, 1.82) is 0 Å². The minimum absolute atomic E-state index is 0.626. The van der Waals surface area contributed by atoms with E-state index in [2.05, 4.69) is 35.7 Å². The van der Waals surface area contributed by atoms with Gasteiger partial charge in [0.2, 0.25) is 5.13 Å². The molecule has 1 saturated carbocycles. The Balaban J connectivity index is 1.45. The van der Waals surface area contributed by atoms with E-state index in [0.29, 0.717) is 17.3 Å². The Hall–Kier alpha value is -2.88. The van der Waals surface area contributed by atoms with E-state index in [1.54, 1.807) is 17.1 Å². The molecule has 4 aromatic heterocycles. The number of fused-ring (bicyclic) bond motifs is 1. The molecule has 0 amide bonds. The number of nitrogens with zero attached hydrogens (tertiary/aromatic N) is 8. The lowest BCUT2D eigenvalue weighted by Crippen LogP contribution is -2.03. The van der Waals surface area contributed by atoms with E-state index in [-0.39, 0.29) is 0 Å². The molecule has 9 nitrogen and oxygen atoms in total. The molecule has 0 aliphatic heterocycles. The van der Waals surface area contributed by atoms with Crippen molar-refractivity contribution in [3.63, 3.8) is 0 Å². The maximum Gasteiger partial charge on any atom is 0.210 e. The number of hydrogen-bond acceptors (Lipinski definition) is 8. The molecule has 10 heteroatoms. The fourth-order valence-electron chi connectivity index (χ4n) is 2.51. The normalized spacial score (nSPS) is 14.3. The average molecular weight is 339 g/mol. The van der Waals surface area contributed by atoms with Crippen LogP contribution >= 0.6 is 11.3 Å². The second-order valence-electron chi connectivity index (χ2n) is 5.72. The Morgan fingerprint density at radius 1 is 1.25 bits per heavy atom. The Morgan fingerprint density at radius 2 is 2.21 bits per heavy atom. The van der Waals surface area contributed by atoms with Crippen LogP contribution in [0.15, 0.2) is 30.3 Å². The summed E-state index contributed by atoms with van der Waals surface area (Å²) in [6.45, 7) is 0.870. The number of aromatic nitrogens is 8. The third-order valence-electron chi connectivity index (χ3n) is 3.89. The SMILES string of the molecule is c1csc(-n2cc(Nc3ncnc4c3nnn4CC3CC3)cn2)n1. The summed E-state index contributed by atoms with van der Waals surface area (Å²) in [5.74, 6) is 1.33. The highest BCUT2D eigenvalue weighted by atomic mass is 32.1. The minimum Gasteiger partial charge on any atom is -0.336 e. The van der Waals surface area contributed by atoms with Crippen molar-refractivity contribution in [2.75, 3.05) is 5.32 Å². The topological polar surface area (TPSA) is 99.2 Å². The standard InChI is InChI=1S/C14H13N9S/c1-2-9(1)6-22-13-11(20-21-22)12(16-8-17-13)19-10-5-18-23(7-10)14-15-3-4-24-14/h3-5,7-9H,1-2,6H2,(H,16,17,19). The highest BCUT2D eigenvalue weighted by molar-refractivity contribution is 7.12. The van der Waals surface area contributed by atoms with Crippen LogP contribution in [0.5, 0.6) is 0 Å². The van der Waals surface area contributed by atoms with Gasteiger partial charge in [-0.3, -0.25) is 0 Å². The molecule has 4 aromatic rings. The molecule has 120 valence electrons. The van der Waals surface area contributed by atoms with Gasteiger partial charge in [0, 0.05) is 18.1 Å². The van der Waals surface area contributed by atoms with Crippen LogP contribution in [-0.4, -0.2) is 39.7 Å². The van der Waals surface area contributed by atoms with Crippen LogP contribution in [0.4, 0.5) is 11.5 Å². The zero-order valence-electron chi connectivity index (χ0n) is 12.6. The van der Waals surface area contributed by atoms with Gasteiger partial charge in [0.1, 0.15) is 6.33 Å². The van der Waals surface area contributed by atoms with Crippen molar-refractivity contribution < 1.29 is 0 Å². The second-order valence-corrected chi connectivity index (χ2v) is 6.60. The van der Waals surface area contributed by atoms with Gasteiger partial charge in [0.15, 0.2) is 17.0 Å². The zero-order chi connectivity index (χ0) is 15.9. The molecule has 4 heterocycles. The lowest BCUT2D eigenvalue weighted by molar-refractivity contribution is 0.555. The summed E-state index contributed by atoms with van der Waals surface area (Å²) in [5.41, 5.74) is 2.23. The predicted molar refractivity (Wildman–Crippen MR) is 88.4 cm³/mol. The van der Waals surface area contributed by atoms with Crippen LogP contribution in [0, 0.1) is 5.92 Å². The molecule has 1 aliphatic rings. The zero-order valence-corrected chi connectivity index (χ0v) is 13.4. The van der Waals surface area contributed by atoms with Crippen molar-refractivity contribution in [3.8, 4) is 5.13 Å². The minimum atomic E-state index is 0.626. The molecule has 0 saturated heterocycles. The molecule has 0 spiro atoms. The first-order chi connectivity index (χ1) is 11.9. The highest BCUT2D eigenvalue weighted by Crippen LogP contribution is 2.31. The third kappa shape index (κ3) is 2.40. The molecule has 0 atom stereocenters. The van der Waals surface area contributed by atoms with Gasteiger partial charge >= 0.3 is 0 Å². The average Bonchev–Trinajstić information content (AvgIpc) is 3.00. The Bertz CT molecular complexity index is 983. The lowest BCUT2D eigenvalue weighted by atomic mass is 10.4. The summed E-state index contributed by atoms with van der Waals surface area (Å²) in [7, 11) is 0. The molecule has 0 aromatic carbocycles. The molecule has 24 heavy (non-hydrogen) atoms. The van der Waals surface area contributed by atoms with E-state index in [9.17, 15) is 0 Å². The van der Waals surface area contributed by atoms with E-state index >= 15 is 0 Å². The number of thiazole rings is 1. The van der Waals surface area contributed by atoms with Crippen molar-refractivity contribution in [2.24, 2.45) is 5.92 Å². The van der Waals surface area contributed by atoms with Crippen LogP contribution in [0.3, 0.4) is 0 Å². The summed E-state index contributed by atoms with van der Waals surface area (Å²) < 4.78 is 3.58. The van der Waals surface area contributed by atoms with Gasteiger partial charge < -0.3 is 5.32 Å². The van der Waals surface area contributed by atoms with Crippen LogP contribution in [0.2, 0.25) is 0 Å². The Kier molecular flexibility index (Phi) is 3.01. The monoisotopic (exact) mass is 339 g/mol. The quantitative estimate of drug-likeness (QED) is 0.594. The van der Waals surface area contributed by atoms with Crippen LogP contribution < -0.4 is 5.32 Å². The summed E-state index contributed by atoms with van der Waals surface area (Å²) in [6.07, 6.45) is 9.38. The number of rotatable bonds is 5. The van der Waals surface area contributed by atoms with Crippen molar-refractivity contribution in [2.45, 2.75) is 19.4 Å². The first-order valence-corrected chi connectivity index (χ1v) is 8.50. The largest absolute Gasteiger partial charge is 0.336 e. The fraction of sp³-hybridized carbons (Fsp3) is 0.286. The molecular formula is C14H13N9S. The van der Waals surface area contributed by atoms with Crippen LogP contribution in [0.1, 0.15) is 12.8 Å². The van der Waals surface area contributed by atoms with E-state index in [1.807, 2.05) is 16.3 Å². The second kappa shape index (κ2) is 5.34. The van der Waals surface area contributed by atoms with E-state index in [4.69, 9.17) is 0 Å². The van der Waals surface area contributed by atoms with Gasteiger partial charge in [0.05, 0.1) is 18.1 Å². The first-order valence-electron chi connectivity index (χ1n) is 7.62. The molecule has 1 fully saturated rings. The summed E-state index contributed by atoms with van der Waals surface area (Å²) in [4.78, 5) is 12.9. The fourth-order valence-corrected chi connectivity index (χ4v) is 3.08. The van der Waals surface area contributed by atoms with E-state index in [0.717, 1.165) is 23.0 Å². The highest BCUT2D eigenvalue weighted by Gasteiger charge is 2.24. The van der Waals surface area contributed by atoms with Gasteiger partial charge in [-0.15, -0.1) is 16.4 Å². The van der Waals surface area contributed by atoms with Gasteiger partial charge in [-0.05, 0) is 18.8 Å². The lowest BCUT2D eigenvalue weighted by Gasteiger charge is -2.03. The van der Waals surface area contributed by atoms with Gasteiger partial charge in [-0.25, -0.2) is 24.3 Å². The molecule has 0 radical (unpaired) electrons. The van der Waals surface area contributed by atoms with E-state index in [1.165, 1.54) is 30.5 Å². The van der Waals surface area contributed by atoms with Gasteiger partial charge in [0.25, 0.3) is 0 Å². The Labute approximate surface area is 140 Å². The molecule has 1 N–H and O–H groups in total. The number of anilines is 2. The number of nitrogens with one attached hydrogen (secondary N) is 1. The Morgan fingerprint density at radius 3 is 3.04 bits per heavy atom. The molecule has 1 aliphatic carbocycles. The maximum absolute atomic E-state index is 4.33. The molecule has 0 bridgehead atoms. The molecule has 5 rings (SSSR count). The molecular weight excluding hydrogens is 326 g/mol. The summed E-state index contributed by atoms with van der Waals surface area (Å²) in [6, 6.07) is 0. The van der Waals surface area contributed by atoms with Gasteiger partial charge in [-0.1, -0.05) is 5.21 Å². The third-order valence-corrected chi connectivity index (χ3v) is 4.65. The number of hydrogen-bond donors (Lipinski definition) is 1. The predicted octanol–water partition coefficient (Wildman–Crippen LogP) is 2.02. The molecule has 0 unspecified atom stereocenters. The van der Waals surface area contributed by atoms with Crippen LogP contribution in [-0.2, 0) is 6.54 Å². The van der Waals surface area contributed by atoms with Crippen molar-refractivity contribution in [1.82, 2.24) is 39.7 Å². The maximum atomic E-state index is 4.33. The van der Waals surface area contributed by atoms with E-state index < -0.39 is 0 Å². The smallest absolute Gasteiger partial charge is 0.210 e. The van der Waals surface area contributed by atoms with Crippen LogP contribution in [0.25, 0.3) is 16.3 Å². The van der Waals surface area contributed by atoms with Crippen molar-refractivity contribution in [3.05, 3.63) is 30.3 Å². The summed E-state index contributed by atoms with van der Waals surface area (Å²) in [5, 5.41) is 18.7. The first kappa shape index (κ1) is 13.5. The summed E-state index contributed by atoms with van der Waals surface area (Å²) >= 11 is 1.52.